The van der Waals surface area contributed by atoms with Crippen molar-refractivity contribution in [1.82, 2.24) is 5.32 Å². The van der Waals surface area contributed by atoms with E-state index < -0.39 is 6.09 Å². The standard InChI is InChI=1S/C17H16ClNO4/c1-22-15-8-13(7-14(18)9-15)16(20)10-19-17(21)23-11-12-5-3-2-4-6-12/h2-9H,10-11H2,1H3,(H,19,21). The van der Waals surface area contributed by atoms with Gasteiger partial charge in [-0.3, -0.25) is 4.79 Å². The Morgan fingerprint density at radius 1 is 1.13 bits per heavy atom. The molecular weight excluding hydrogens is 318 g/mol. The number of ether oxygens (including phenoxy) is 2. The van der Waals surface area contributed by atoms with Gasteiger partial charge in [-0.05, 0) is 23.8 Å². The average molecular weight is 334 g/mol. The van der Waals surface area contributed by atoms with Crippen molar-refractivity contribution in [3.63, 3.8) is 0 Å². The Morgan fingerprint density at radius 2 is 1.87 bits per heavy atom. The summed E-state index contributed by atoms with van der Waals surface area (Å²) in [6, 6.07) is 13.9. The zero-order chi connectivity index (χ0) is 16.7. The summed E-state index contributed by atoms with van der Waals surface area (Å²) in [6.07, 6.45) is -0.656. The number of hydrogen-bond donors (Lipinski definition) is 1. The van der Waals surface area contributed by atoms with Crippen molar-refractivity contribution in [3.8, 4) is 5.75 Å². The first-order chi connectivity index (χ1) is 11.1. The fourth-order valence-electron chi connectivity index (χ4n) is 1.87. The Morgan fingerprint density at radius 3 is 2.57 bits per heavy atom. The van der Waals surface area contributed by atoms with E-state index in [1.54, 1.807) is 12.1 Å². The molecule has 0 bridgehead atoms. The molecule has 0 aromatic heterocycles. The van der Waals surface area contributed by atoms with Gasteiger partial charge in [-0.25, -0.2) is 4.79 Å². The molecule has 0 saturated heterocycles. The van der Waals surface area contributed by atoms with E-state index in [1.807, 2.05) is 30.3 Å². The first kappa shape index (κ1) is 16.8. The molecule has 0 aliphatic heterocycles. The van der Waals surface area contributed by atoms with Crippen LogP contribution >= 0.6 is 11.6 Å². The number of nitrogens with one attached hydrogen (secondary N) is 1. The summed E-state index contributed by atoms with van der Waals surface area (Å²) < 4.78 is 10.1. The second-order valence-corrected chi connectivity index (χ2v) is 5.15. The van der Waals surface area contributed by atoms with Crippen LogP contribution in [0.2, 0.25) is 5.02 Å². The fourth-order valence-corrected chi connectivity index (χ4v) is 2.10. The quantitative estimate of drug-likeness (QED) is 0.822. The molecule has 1 amide bonds. The number of halogens is 1. The third-order valence-electron chi connectivity index (χ3n) is 3.04. The van der Waals surface area contributed by atoms with Crippen LogP contribution in [0.1, 0.15) is 15.9 Å². The van der Waals surface area contributed by atoms with Crippen LogP contribution in [0.5, 0.6) is 5.75 Å². The molecule has 0 aliphatic carbocycles. The molecule has 0 unspecified atom stereocenters. The molecule has 0 heterocycles. The second kappa shape index (κ2) is 8.19. The minimum Gasteiger partial charge on any atom is -0.497 e. The summed E-state index contributed by atoms with van der Waals surface area (Å²) in [5.41, 5.74) is 1.23. The van der Waals surface area contributed by atoms with Crippen molar-refractivity contribution < 1.29 is 19.1 Å². The van der Waals surface area contributed by atoms with E-state index in [0.717, 1.165) is 5.56 Å². The van der Waals surface area contributed by atoms with Crippen LogP contribution in [-0.2, 0) is 11.3 Å². The van der Waals surface area contributed by atoms with E-state index >= 15 is 0 Å². The van der Waals surface area contributed by atoms with Crippen molar-refractivity contribution in [1.29, 1.82) is 0 Å². The highest BCUT2D eigenvalue weighted by atomic mass is 35.5. The first-order valence-electron chi connectivity index (χ1n) is 6.91. The lowest BCUT2D eigenvalue weighted by atomic mass is 10.1. The number of benzene rings is 2. The van der Waals surface area contributed by atoms with Gasteiger partial charge in [-0.1, -0.05) is 41.9 Å². The number of alkyl carbamates (subject to hydrolysis) is 1. The fraction of sp³-hybridized carbons (Fsp3) is 0.176. The molecule has 2 aromatic carbocycles. The molecule has 6 heteroatoms. The Kier molecular flexibility index (Phi) is 6.00. The number of carbonyl (C=O) groups excluding carboxylic acids is 2. The third kappa shape index (κ3) is 5.30. The van der Waals surface area contributed by atoms with Gasteiger partial charge in [0, 0.05) is 10.6 Å². The SMILES string of the molecule is COc1cc(Cl)cc(C(=O)CNC(=O)OCc2ccccc2)c1. The van der Waals surface area contributed by atoms with Crippen molar-refractivity contribution in [3.05, 3.63) is 64.7 Å². The Bertz CT molecular complexity index is 688. The number of carbonyl (C=O) groups is 2. The van der Waals surface area contributed by atoms with Gasteiger partial charge in [0.2, 0.25) is 0 Å². The van der Waals surface area contributed by atoms with Gasteiger partial charge in [0.05, 0.1) is 13.7 Å². The highest BCUT2D eigenvalue weighted by molar-refractivity contribution is 6.31. The lowest BCUT2D eigenvalue weighted by molar-refractivity contribution is 0.0974. The second-order valence-electron chi connectivity index (χ2n) is 4.72. The normalized spacial score (nSPS) is 10.0. The van der Waals surface area contributed by atoms with Crippen LogP contribution in [0.15, 0.2) is 48.5 Å². The van der Waals surface area contributed by atoms with Gasteiger partial charge in [-0.15, -0.1) is 0 Å². The van der Waals surface area contributed by atoms with E-state index in [1.165, 1.54) is 13.2 Å². The minimum absolute atomic E-state index is 0.145. The molecule has 1 N–H and O–H groups in total. The molecule has 120 valence electrons. The molecule has 0 fully saturated rings. The molecule has 2 rings (SSSR count). The van der Waals surface area contributed by atoms with E-state index in [4.69, 9.17) is 21.1 Å². The predicted octanol–water partition coefficient (Wildman–Crippen LogP) is 3.46. The Hall–Kier alpha value is -2.53. The number of methoxy groups -OCH3 is 1. The Labute approximate surface area is 139 Å². The summed E-state index contributed by atoms with van der Waals surface area (Å²) >= 11 is 5.91. The lowest BCUT2D eigenvalue weighted by Gasteiger charge is -2.08. The number of rotatable bonds is 6. The summed E-state index contributed by atoms with van der Waals surface area (Å²) in [5.74, 6) is 0.190. The van der Waals surface area contributed by atoms with Gasteiger partial charge < -0.3 is 14.8 Å². The maximum Gasteiger partial charge on any atom is 0.407 e. The van der Waals surface area contributed by atoms with Gasteiger partial charge in [0.15, 0.2) is 5.78 Å². The van der Waals surface area contributed by atoms with Crippen molar-refractivity contribution in [2.75, 3.05) is 13.7 Å². The molecule has 23 heavy (non-hydrogen) atoms. The van der Waals surface area contributed by atoms with Crippen LogP contribution in [0, 0.1) is 0 Å². The molecule has 2 aromatic rings. The highest BCUT2D eigenvalue weighted by Gasteiger charge is 2.11. The summed E-state index contributed by atoms with van der Waals surface area (Å²) in [4.78, 5) is 23.7. The van der Waals surface area contributed by atoms with Crippen LogP contribution in [-0.4, -0.2) is 25.5 Å². The smallest absolute Gasteiger partial charge is 0.407 e. The first-order valence-corrected chi connectivity index (χ1v) is 7.28. The summed E-state index contributed by atoms with van der Waals surface area (Å²) in [5, 5.41) is 2.80. The Balaban J connectivity index is 1.84. The monoisotopic (exact) mass is 333 g/mol. The van der Waals surface area contributed by atoms with Gasteiger partial charge in [0.25, 0.3) is 0 Å². The summed E-state index contributed by atoms with van der Waals surface area (Å²) in [7, 11) is 1.49. The number of hydrogen-bond acceptors (Lipinski definition) is 4. The van der Waals surface area contributed by atoms with Gasteiger partial charge in [0.1, 0.15) is 12.4 Å². The largest absolute Gasteiger partial charge is 0.497 e. The minimum atomic E-state index is -0.656. The van der Waals surface area contributed by atoms with E-state index in [2.05, 4.69) is 5.32 Å². The molecule has 0 spiro atoms. The molecule has 5 nitrogen and oxygen atoms in total. The van der Waals surface area contributed by atoms with Crippen LogP contribution in [0.3, 0.4) is 0 Å². The van der Waals surface area contributed by atoms with Gasteiger partial charge in [-0.2, -0.15) is 0 Å². The number of ketones is 1. The lowest BCUT2D eigenvalue weighted by Crippen LogP contribution is -2.30. The number of amides is 1. The van der Waals surface area contributed by atoms with Crippen molar-refractivity contribution >= 4 is 23.5 Å². The maximum absolute atomic E-state index is 12.1. The van der Waals surface area contributed by atoms with Crippen LogP contribution in [0.4, 0.5) is 4.79 Å². The molecule has 0 atom stereocenters. The maximum atomic E-state index is 12.1. The van der Waals surface area contributed by atoms with Crippen LogP contribution < -0.4 is 10.1 Å². The molecular formula is C17H16ClNO4. The molecule has 0 saturated carbocycles. The zero-order valence-corrected chi connectivity index (χ0v) is 13.3. The third-order valence-corrected chi connectivity index (χ3v) is 3.25. The van der Waals surface area contributed by atoms with Gasteiger partial charge >= 0.3 is 6.09 Å². The topological polar surface area (TPSA) is 64.6 Å². The van der Waals surface area contributed by atoms with Crippen LogP contribution in [0.25, 0.3) is 0 Å². The van der Waals surface area contributed by atoms with E-state index in [9.17, 15) is 9.59 Å². The van der Waals surface area contributed by atoms with E-state index in [0.29, 0.717) is 16.3 Å². The molecule has 0 radical (unpaired) electrons. The average Bonchev–Trinajstić information content (AvgIpc) is 2.58. The molecule has 0 aliphatic rings. The predicted molar refractivity (Wildman–Crippen MR) is 87.0 cm³/mol. The highest BCUT2D eigenvalue weighted by Crippen LogP contribution is 2.20. The van der Waals surface area contributed by atoms with Crippen molar-refractivity contribution in [2.24, 2.45) is 0 Å². The van der Waals surface area contributed by atoms with Crippen molar-refractivity contribution in [2.45, 2.75) is 6.61 Å². The van der Waals surface area contributed by atoms with E-state index in [-0.39, 0.29) is 18.9 Å². The summed E-state index contributed by atoms with van der Waals surface area (Å²) in [6.45, 7) is -0.0387. The number of Topliss-reactive ketones (excluding diaryl/α,β-unsaturated/α-hetero) is 1. The zero-order valence-electron chi connectivity index (χ0n) is 12.5.